The fourth-order valence-electron chi connectivity index (χ4n) is 3.12. The van der Waals surface area contributed by atoms with Crippen LogP contribution in [0.2, 0.25) is 0 Å². The number of carbonyl (C=O) groups is 2. The predicted octanol–water partition coefficient (Wildman–Crippen LogP) is 3.46. The SMILES string of the molecule is Cc1ccc(OCC(=O)N(Cc2ccc(C(=O)NC3CC3)cc2)C2CC2)cc1. The largest absolute Gasteiger partial charge is 0.484 e. The quantitative estimate of drug-likeness (QED) is 0.765. The average molecular weight is 378 g/mol. The molecule has 2 saturated carbocycles. The molecule has 146 valence electrons. The summed E-state index contributed by atoms with van der Waals surface area (Å²) < 4.78 is 5.67. The molecule has 0 aliphatic heterocycles. The zero-order chi connectivity index (χ0) is 19.5. The minimum atomic E-state index is -0.0179. The molecule has 2 aliphatic carbocycles. The van der Waals surface area contributed by atoms with Gasteiger partial charge >= 0.3 is 0 Å². The van der Waals surface area contributed by atoms with Gasteiger partial charge in [-0.3, -0.25) is 9.59 Å². The van der Waals surface area contributed by atoms with Crippen LogP contribution in [-0.2, 0) is 11.3 Å². The Kier molecular flexibility index (Phi) is 5.33. The molecule has 1 N–H and O–H groups in total. The lowest BCUT2D eigenvalue weighted by atomic mass is 10.1. The average Bonchev–Trinajstić information content (AvgIpc) is 3.60. The Bertz CT molecular complexity index is 837. The highest BCUT2D eigenvalue weighted by Crippen LogP contribution is 2.29. The molecule has 4 rings (SSSR count). The smallest absolute Gasteiger partial charge is 0.261 e. The van der Waals surface area contributed by atoms with Gasteiger partial charge in [0.05, 0.1) is 0 Å². The van der Waals surface area contributed by atoms with Gasteiger partial charge in [0.15, 0.2) is 6.61 Å². The molecule has 2 aromatic rings. The first-order chi connectivity index (χ1) is 13.6. The number of aryl methyl sites for hydroxylation is 1. The van der Waals surface area contributed by atoms with E-state index in [1.165, 1.54) is 0 Å². The predicted molar refractivity (Wildman–Crippen MR) is 107 cm³/mol. The van der Waals surface area contributed by atoms with Gasteiger partial charge in [-0.05, 0) is 62.4 Å². The van der Waals surface area contributed by atoms with E-state index in [4.69, 9.17) is 4.74 Å². The van der Waals surface area contributed by atoms with Crippen LogP contribution in [0.4, 0.5) is 0 Å². The number of hydrogen-bond donors (Lipinski definition) is 1. The Morgan fingerprint density at radius 3 is 2.29 bits per heavy atom. The molecule has 0 unspecified atom stereocenters. The van der Waals surface area contributed by atoms with Crippen LogP contribution in [0.15, 0.2) is 48.5 Å². The van der Waals surface area contributed by atoms with Gasteiger partial charge in [-0.15, -0.1) is 0 Å². The topological polar surface area (TPSA) is 58.6 Å². The van der Waals surface area contributed by atoms with E-state index < -0.39 is 0 Å². The molecule has 0 atom stereocenters. The second-order valence-electron chi connectivity index (χ2n) is 7.80. The minimum absolute atomic E-state index is 0.00127. The lowest BCUT2D eigenvalue weighted by molar-refractivity contribution is -0.134. The molecule has 5 nitrogen and oxygen atoms in total. The molecule has 0 spiro atoms. The van der Waals surface area contributed by atoms with E-state index in [2.05, 4.69) is 5.32 Å². The second-order valence-corrected chi connectivity index (χ2v) is 7.80. The van der Waals surface area contributed by atoms with E-state index in [0.717, 1.165) is 36.8 Å². The van der Waals surface area contributed by atoms with Crippen LogP contribution < -0.4 is 10.1 Å². The molecule has 0 bridgehead atoms. The van der Waals surface area contributed by atoms with Crippen molar-refractivity contribution in [3.05, 3.63) is 65.2 Å². The number of hydrogen-bond acceptors (Lipinski definition) is 3. The summed E-state index contributed by atoms with van der Waals surface area (Å²) in [6.07, 6.45) is 4.23. The fourth-order valence-corrected chi connectivity index (χ4v) is 3.12. The maximum Gasteiger partial charge on any atom is 0.261 e. The molecule has 2 aliphatic rings. The number of amides is 2. The summed E-state index contributed by atoms with van der Waals surface area (Å²) in [7, 11) is 0. The Morgan fingerprint density at radius 2 is 1.68 bits per heavy atom. The number of ether oxygens (including phenoxy) is 1. The highest BCUT2D eigenvalue weighted by atomic mass is 16.5. The number of rotatable bonds is 8. The van der Waals surface area contributed by atoms with Gasteiger partial charge in [-0.2, -0.15) is 0 Å². The number of benzene rings is 2. The molecule has 0 aromatic heterocycles. The fraction of sp³-hybridized carbons (Fsp3) is 0.391. The van der Waals surface area contributed by atoms with Gasteiger partial charge < -0.3 is 15.0 Å². The summed E-state index contributed by atoms with van der Waals surface area (Å²) in [6, 6.07) is 15.9. The molecule has 2 fully saturated rings. The number of carbonyl (C=O) groups excluding carboxylic acids is 2. The van der Waals surface area contributed by atoms with Crippen LogP contribution in [0.1, 0.15) is 47.2 Å². The van der Waals surface area contributed by atoms with Gasteiger partial charge in [0.1, 0.15) is 5.75 Å². The summed E-state index contributed by atoms with van der Waals surface area (Å²) >= 11 is 0. The highest BCUT2D eigenvalue weighted by molar-refractivity contribution is 5.94. The Balaban J connectivity index is 1.34. The van der Waals surface area contributed by atoms with Gasteiger partial charge in [-0.25, -0.2) is 0 Å². The van der Waals surface area contributed by atoms with Gasteiger partial charge in [0.2, 0.25) is 0 Å². The van der Waals surface area contributed by atoms with Gasteiger partial charge in [0, 0.05) is 24.2 Å². The third-order valence-electron chi connectivity index (χ3n) is 5.17. The highest BCUT2D eigenvalue weighted by Gasteiger charge is 2.32. The van der Waals surface area contributed by atoms with Crippen LogP contribution in [0.25, 0.3) is 0 Å². The molecule has 0 saturated heterocycles. The summed E-state index contributed by atoms with van der Waals surface area (Å²) in [6.45, 7) is 2.61. The van der Waals surface area contributed by atoms with Crippen molar-refractivity contribution in [2.45, 2.75) is 51.2 Å². The Hall–Kier alpha value is -2.82. The summed E-state index contributed by atoms with van der Waals surface area (Å²) in [5.74, 6) is 0.690. The third-order valence-corrected chi connectivity index (χ3v) is 5.17. The van der Waals surface area contributed by atoms with Crippen LogP contribution in [0, 0.1) is 6.92 Å². The zero-order valence-corrected chi connectivity index (χ0v) is 16.2. The summed E-state index contributed by atoms with van der Waals surface area (Å²) in [5.41, 5.74) is 2.86. The number of nitrogens with one attached hydrogen (secondary N) is 1. The van der Waals surface area contributed by atoms with Crippen LogP contribution in [-0.4, -0.2) is 35.4 Å². The monoisotopic (exact) mass is 378 g/mol. The number of nitrogens with zero attached hydrogens (tertiary/aromatic N) is 1. The van der Waals surface area contributed by atoms with Crippen molar-refractivity contribution in [2.24, 2.45) is 0 Å². The maximum absolute atomic E-state index is 12.7. The van der Waals surface area contributed by atoms with E-state index in [1.54, 1.807) is 0 Å². The normalized spacial score (nSPS) is 15.8. The van der Waals surface area contributed by atoms with Crippen molar-refractivity contribution in [3.8, 4) is 5.75 Å². The Labute approximate surface area is 165 Å². The lowest BCUT2D eigenvalue weighted by Crippen LogP contribution is -2.36. The van der Waals surface area contributed by atoms with E-state index in [9.17, 15) is 9.59 Å². The van der Waals surface area contributed by atoms with Crippen LogP contribution >= 0.6 is 0 Å². The molecule has 5 heteroatoms. The lowest BCUT2D eigenvalue weighted by Gasteiger charge is -2.23. The van der Waals surface area contributed by atoms with Crippen molar-refractivity contribution in [1.29, 1.82) is 0 Å². The maximum atomic E-state index is 12.7. The first kappa shape index (κ1) is 18.5. The molecule has 28 heavy (non-hydrogen) atoms. The summed E-state index contributed by atoms with van der Waals surface area (Å²) in [5, 5.41) is 2.99. The van der Waals surface area contributed by atoms with Gasteiger partial charge in [0.25, 0.3) is 11.8 Å². The van der Waals surface area contributed by atoms with E-state index in [-0.39, 0.29) is 18.4 Å². The van der Waals surface area contributed by atoms with E-state index in [0.29, 0.717) is 29.9 Å². The van der Waals surface area contributed by atoms with Crippen molar-refractivity contribution in [1.82, 2.24) is 10.2 Å². The van der Waals surface area contributed by atoms with Crippen molar-refractivity contribution >= 4 is 11.8 Å². The van der Waals surface area contributed by atoms with Crippen LogP contribution in [0.3, 0.4) is 0 Å². The molecule has 2 aromatic carbocycles. The van der Waals surface area contributed by atoms with E-state index in [1.807, 2.05) is 60.4 Å². The standard InChI is InChI=1S/C23H26N2O3/c1-16-2-12-21(13-3-16)28-15-22(26)25(20-10-11-20)14-17-4-6-18(7-5-17)23(27)24-19-8-9-19/h2-7,12-13,19-20H,8-11,14-15H2,1H3,(H,24,27). The third kappa shape index (κ3) is 4.91. The van der Waals surface area contributed by atoms with Crippen molar-refractivity contribution < 1.29 is 14.3 Å². The first-order valence-corrected chi connectivity index (χ1v) is 9.97. The van der Waals surface area contributed by atoms with E-state index >= 15 is 0 Å². The minimum Gasteiger partial charge on any atom is -0.484 e. The molecule has 2 amide bonds. The Morgan fingerprint density at radius 1 is 1.00 bits per heavy atom. The summed E-state index contributed by atoms with van der Waals surface area (Å²) in [4.78, 5) is 26.7. The van der Waals surface area contributed by atoms with Crippen molar-refractivity contribution in [2.75, 3.05) is 6.61 Å². The molecular weight excluding hydrogens is 352 g/mol. The van der Waals surface area contributed by atoms with Gasteiger partial charge in [-0.1, -0.05) is 29.8 Å². The molecular formula is C23H26N2O3. The first-order valence-electron chi connectivity index (χ1n) is 9.97. The van der Waals surface area contributed by atoms with Crippen LogP contribution in [0.5, 0.6) is 5.75 Å². The second kappa shape index (κ2) is 8.05. The van der Waals surface area contributed by atoms with Crippen molar-refractivity contribution in [3.63, 3.8) is 0 Å². The zero-order valence-electron chi connectivity index (χ0n) is 16.2. The molecule has 0 radical (unpaired) electrons. The molecule has 0 heterocycles.